The Kier molecular flexibility index (Phi) is 7.42. The number of benzene rings is 1. The summed E-state index contributed by atoms with van der Waals surface area (Å²) < 4.78 is 0. The Morgan fingerprint density at radius 2 is 1.46 bits per heavy atom. The van der Waals surface area contributed by atoms with Gasteiger partial charge in [0, 0.05) is 24.4 Å². The van der Waals surface area contributed by atoms with E-state index in [1.165, 1.54) is 43.2 Å². The maximum Gasteiger partial charge on any atom is 0.128 e. The topological polar surface area (TPSA) is 25.8 Å². The number of aromatic nitrogens is 2. The van der Waals surface area contributed by atoms with Crippen LogP contribution in [0.5, 0.6) is 0 Å². The van der Waals surface area contributed by atoms with Crippen LogP contribution in [0.15, 0.2) is 36.7 Å². The first-order valence-electron chi connectivity index (χ1n) is 9.58. The van der Waals surface area contributed by atoms with Crippen LogP contribution in [-0.2, 0) is 6.42 Å². The van der Waals surface area contributed by atoms with Gasteiger partial charge in [0.05, 0.1) is 0 Å². The molecule has 0 radical (unpaired) electrons. The monoisotopic (exact) mass is 324 g/mol. The van der Waals surface area contributed by atoms with E-state index in [9.17, 15) is 0 Å². The van der Waals surface area contributed by atoms with Gasteiger partial charge in [0.2, 0.25) is 0 Å². The molecule has 1 aromatic heterocycles. The Hall–Kier alpha value is -1.70. The summed E-state index contributed by atoms with van der Waals surface area (Å²) in [6, 6.07) is 8.54. The van der Waals surface area contributed by atoms with E-state index in [0.717, 1.165) is 29.6 Å². The van der Waals surface area contributed by atoms with Crippen molar-refractivity contribution in [1.82, 2.24) is 9.97 Å². The zero-order valence-electron chi connectivity index (χ0n) is 15.8. The molecule has 0 spiro atoms. The fourth-order valence-electron chi connectivity index (χ4n) is 3.33. The van der Waals surface area contributed by atoms with Crippen molar-refractivity contribution in [2.75, 3.05) is 0 Å². The summed E-state index contributed by atoms with van der Waals surface area (Å²) in [7, 11) is 0. The van der Waals surface area contributed by atoms with Gasteiger partial charge in [-0.05, 0) is 30.7 Å². The van der Waals surface area contributed by atoms with Gasteiger partial charge in [0.15, 0.2) is 0 Å². The number of hydrogen-bond acceptors (Lipinski definition) is 2. The summed E-state index contributed by atoms with van der Waals surface area (Å²) in [5.41, 5.74) is 3.58. The standard InChI is InChI=1S/C20H26N2.C2H6/c1-15-3-7-17(8-4-15)9-12-20-21-13-19(14-22-20)18-10-5-16(2)6-11-18;1-2/h5-6,10-11,13-15,17H,3-4,7-9,12H2,1-2H3;1-2H3. The van der Waals surface area contributed by atoms with Crippen LogP contribution in [0.2, 0.25) is 0 Å². The predicted octanol–water partition coefficient (Wildman–Crippen LogP) is 6.24. The van der Waals surface area contributed by atoms with E-state index in [1.807, 2.05) is 26.2 Å². The summed E-state index contributed by atoms with van der Waals surface area (Å²) >= 11 is 0. The summed E-state index contributed by atoms with van der Waals surface area (Å²) in [5.74, 6) is 2.81. The molecule has 0 bridgehead atoms. The third-order valence-electron chi connectivity index (χ3n) is 5.00. The molecule has 2 aromatic rings. The number of nitrogens with zero attached hydrogens (tertiary/aromatic N) is 2. The Bertz CT molecular complexity index is 578. The first-order valence-corrected chi connectivity index (χ1v) is 9.58. The lowest BCUT2D eigenvalue weighted by atomic mass is 9.81. The van der Waals surface area contributed by atoms with E-state index in [0.29, 0.717) is 0 Å². The molecule has 3 rings (SSSR count). The highest BCUT2D eigenvalue weighted by Gasteiger charge is 2.18. The van der Waals surface area contributed by atoms with Gasteiger partial charge in [-0.25, -0.2) is 9.97 Å². The average Bonchev–Trinajstić information content (AvgIpc) is 2.64. The highest BCUT2D eigenvalue weighted by atomic mass is 14.9. The SMILES string of the molecule is CC.Cc1ccc(-c2cnc(CCC3CCC(C)CC3)nc2)cc1. The zero-order chi connectivity index (χ0) is 17.4. The molecule has 0 aliphatic heterocycles. The first kappa shape index (κ1) is 18.6. The lowest BCUT2D eigenvalue weighted by Gasteiger charge is -2.25. The minimum absolute atomic E-state index is 0.886. The Balaban J connectivity index is 0.00000100. The van der Waals surface area contributed by atoms with Crippen LogP contribution in [0.4, 0.5) is 0 Å². The van der Waals surface area contributed by atoms with Crippen molar-refractivity contribution in [3.05, 3.63) is 48.0 Å². The summed E-state index contributed by atoms with van der Waals surface area (Å²) in [6.45, 7) is 8.48. The number of hydrogen-bond donors (Lipinski definition) is 0. The smallest absolute Gasteiger partial charge is 0.128 e. The zero-order valence-corrected chi connectivity index (χ0v) is 15.8. The van der Waals surface area contributed by atoms with E-state index in [4.69, 9.17) is 0 Å². The van der Waals surface area contributed by atoms with Crippen LogP contribution in [0.3, 0.4) is 0 Å². The molecule has 24 heavy (non-hydrogen) atoms. The van der Waals surface area contributed by atoms with E-state index >= 15 is 0 Å². The normalized spacial score (nSPS) is 20.2. The lowest BCUT2D eigenvalue weighted by Crippen LogP contribution is -2.13. The molecular weight excluding hydrogens is 292 g/mol. The van der Waals surface area contributed by atoms with Crippen LogP contribution in [0.25, 0.3) is 11.1 Å². The van der Waals surface area contributed by atoms with Crippen LogP contribution in [-0.4, -0.2) is 9.97 Å². The van der Waals surface area contributed by atoms with Crippen LogP contribution >= 0.6 is 0 Å². The number of aryl methyl sites for hydroxylation is 2. The van der Waals surface area contributed by atoms with Gasteiger partial charge >= 0.3 is 0 Å². The Morgan fingerprint density at radius 3 is 2.04 bits per heavy atom. The second-order valence-corrected chi connectivity index (χ2v) is 6.92. The third kappa shape index (κ3) is 5.43. The molecule has 2 heteroatoms. The molecule has 1 aliphatic carbocycles. The van der Waals surface area contributed by atoms with Crippen molar-refractivity contribution in [2.24, 2.45) is 11.8 Å². The summed E-state index contributed by atoms with van der Waals surface area (Å²) in [6.07, 6.45) is 11.8. The fourth-order valence-corrected chi connectivity index (χ4v) is 3.33. The Labute approximate surface area is 147 Å². The quantitative estimate of drug-likeness (QED) is 0.665. The minimum Gasteiger partial charge on any atom is -0.241 e. The second kappa shape index (κ2) is 9.56. The molecule has 0 amide bonds. The van der Waals surface area contributed by atoms with Gasteiger partial charge in [0.1, 0.15) is 5.82 Å². The van der Waals surface area contributed by atoms with Gasteiger partial charge < -0.3 is 0 Å². The molecule has 1 aliphatic rings. The van der Waals surface area contributed by atoms with Crippen molar-refractivity contribution in [3.8, 4) is 11.1 Å². The lowest BCUT2D eigenvalue weighted by molar-refractivity contribution is 0.276. The average molecular weight is 325 g/mol. The molecule has 0 saturated heterocycles. The van der Waals surface area contributed by atoms with Crippen molar-refractivity contribution >= 4 is 0 Å². The van der Waals surface area contributed by atoms with E-state index < -0.39 is 0 Å². The van der Waals surface area contributed by atoms with E-state index in [2.05, 4.69) is 48.1 Å². The van der Waals surface area contributed by atoms with Crippen molar-refractivity contribution in [3.63, 3.8) is 0 Å². The van der Waals surface area contributed by atoms with Crippen LogP contribution in [0.1, 0.15) is 64.3 Å². The van der Waals surface area contributed by atoms with Gasteiger partial charge in [-0.15, -0.1) is 0 Å². The third-order valence-corrected chi connectivity index (χ3v) is 5.00. The highest BCUT2D eigenvalue weighted by Crippen LogP contribution is 2.30. The summed E-state index contributed by atoms with van der Waals surface area (Å²) in [4.78, 5) is 9.13. The molecule has 130 valence electrons. The Morgan fingerprint density at radius 1 is 0.875 bits per heavy atom. The highest BCUT2D eigenvalue weighted by molar-refractivity contribution is 5.61. The number of rotatable bonds is 4. The maximum atomic E-state index is 4.57. The first-order chi connectivity index (χ1) is 11.7. The van der Waals surface area contributed by atoms with E-state index in [-0.39, 0.29) is 0 Å². The molecule has 0 unspecified atom stereocenters. The van der Waals surface area contributed by atoms with Crippen LogP contribution < -0.4 is 0 Å². The molecule has 1 fully saturated rings. The molecule has 2 nitrogen and oxygen atoms in total. The van der Waals surface area contributed by atoms with Gasteiger partial charge in [-0.3, -0.25) is 0 Å². The molecule has 1 aromatic carbocycles. The molecule has 1 saturated carbocycles. The van der Waals surface area contributed by atoms with E-state index in [1.54, 1.807) is 0 Å². The summed E-state index contributed by atoms with van der Waals surface area (Å²) in [5, 5.41) is 0. The minimum atomic E-state index is 0.886. The predicted molar refractivity (Wildman–Crippen MR) is 103 cm³/mol. The maximum absolute atomic E-state index is 4.57. The van der Waals surface area contributed by atoms with Crippen molar-refractivity contribution in [1.29, 1.82) is 0 Å². The molecule has 0 atom stereocenters. The second-order valence-electron chi connectivity index (χ2n) is 6.92. The molecular formula is C22H32N2. The van der Waals surface area contributed by atoms with Gasteiger partial charge in [0.25, 0.3) is 0 Å². The van der Waals surface area contributed by atoms with Crippen LogP contribution in [0, 0.1) is 18.8 Å². The molecule has 0 N–H and O–H groups in total. The van der Waals surface area contributed by atoms with Crippen molar-refractivity contribution < 1.29 is 0 Å². The van der Waals surface area contributed by atoms with Gasteiger partial charge in [-0.1, -0.05) is 76.3 Å². The fraction of sp³-hybridized carbons (Fsp3) is 0.545. The molecule has 1 heterocycles. The van der Waals surface area contributed by atoms with Crippen molar-refractivity contribution in [2.45, 2.75) is 66.2 Å². The van der Waals surface area contributed by atoms with Gasteiger partial charge in [-0.2, -0.15) is 0 Å². The largest absolute Gasteiger partial charge is 0.241 e.